The zero-order valence-electron chi connectivity index (χ0n) is 12.2. The molecule has 1 unspecified atom stereocenters. The van der Waals surface area contributed by atoms with Crippen molar-refractivity contribution in [3.63, 3.8) is 0 Å². The van der Waals surface area contributed by atoms with Gasteiger partial charge in [-0.05, 0) is 12.6 Å². The minimum Gasteiger partial charge on any atom is -0.387 e. The van der Waals surface area contributed by atoms with E-state index in [0.717, 1.165) is 30.9 Å². The van der Waals surface area contributed by atoms with Gasteiger partial charge in [0.05, 0.1) is 6.10 Å². The molecule has 2 rings (SSSR count). The number of aliphatic hydroxyl groups is 1. The van der Waals surface area contributed by atoms with Crippen molar-refractivity contribution >= 4 is 0 Å². The minimum atomic E-state index is -0.436. The summed E-state index contributed by atoms with van der Waals surface area (Å²) < 4.78 is 2.17. The Morgan fingerprint density at radius 3 is 2.75 bits per heavy atom. The molecule has 0 radical (unpaired) electrons. The molecule has 1 atom stereocenters. The predicted molar refractivity (Wildman–Crippen MR) is 80.5 cm³/mol. The summed E-state index contributed by atoms with van der Waals surface area (Å²) in [6.45, 7) is 4.55. The van der Waals surface area contributed by atoms with E-state index in [2.05, 4.69) is 21.4 Å². The molecule has 0 amide bonds. The summed E-state index contributed by atoms with van der Waals surface area (Å²) in [5.41, 5.74) is 0.969. The molecule has 0 spiro atoms. The van der Waals surface area contributed by atoms with Crippen molar-refractivity contribution in [2.45, 2.75) is 26.0 Å². The Morgan fingerprint density at radius 2 is 2.05 bits per heavy atom. The lowest BCUT2D eigenvalue weighted by atomic mass is 10.1. The Hall–Kier alpha value is -1.65. The van der Waals surface area contributed by atoms with Crippen molar-refractivity contribution in [1.29, 1.82) is 0 Å². The number of aliphatic hydroxyl groups excluding tert-OH is 1. The maximum absolute atomic E-state index is 10.2. The van der Waals surface area contributed by atoms with Gasteiger partial charge in [0.15, 0.2) is 0 Å². The number of benzene rings is 1. The third-order valence-corrected chi connectivity index (χ3v) is 3.51. The lowest BCUT2D eigenvalue weighted by Gasteiger charge is -2.21. The topological polar surface area (TPSA) is 41.3 Å². The molecule has 0 fully saturated rings. The zero-order chi connectivity index (χ0) is 14.4. The van der Waals surface area contributed by atoms with Gasteiger partial charge in [0.1, 0.15) is 5.82 Å². The molecule has 0 aliphatic rings. The van der Waals surface area contributed by atoms with Crippen LogP contribution in [0.15, 0.2) is 42.7 Å². The molecule has 0 saturated carbocycles. The molecular weight excluding hydrogens is 250 g/mol. The standard InChI is InChI=1S/C16H23N3O/c1-3-16-17-9-10-19(16)12-11-18(2)13-15(20)14-7-5-4-6-8-14/h4-10,15,20H,3,11-13H2,1-2H3. The van der Waals surface area contributed by atoms with Crippen molar-refractivity contribution in [2.24, 2.45) is 0 Å². The summed E-state index contributed by atoms with van der Waals surface area (Å²) in [5, 5.41) is 10.2. The molecular formula is C16H23N3O. The third-order valence-electron chi connectivity index (χ3n) is 3.51. The van der Waals surface area contributed by atoms with Gasteiger partial charge in [-0.25, -0.2) is 4.98 Å². The van der Waals surface area contributed by atoms with Gasteiger partial charge in [0.2, 0.25) is 0 Å². The Kier molecular flexibility index (Phi) is 5.32. The van der Waals surface area contributed by atoms with Gasteiger partial charge in [-0.3, -0.25) is 0 Å². The maximum Gasteiger partial charge on any atom is 0.108 e. The first kappa shape index (κ1) is 14.8. The molecule has 0 aliphatic heterocycles. The van der Waals surface area contributed by atoms with E-state index in [9.17, 15) is 5.11 Å². The Bertz CT molecular complexity index is 509. The van der Waals surface area contributed by atoms with Gasteiger partial charge in [-0.1, -0.05) is 37.3 Å². The van der Waals surface area contributed by atoms with Crippen LogP contribution < -0.4 is 0 Å². The SMILES string of the molecule is CCc1nccn1CCN(C)CC(O)c1ccccc1. The Morgan fingerprint density at radius 1 is 1.30 bits per heavy atom. The monoisotopic (exact) mass is 273 g/mol. The number of hydrogen-bond acceptors (Lipinski definition) is 3. The summed E-state index contributed by atoms with van der Waals surface area (Å²) in [6.07, 6.45) is 4.37. The summed E-state index contributed by atoms with van der Waals surface area (Å²) in [6, 6.07) is 9.80. The van der Waals surface area contributed by atoms with Gasteiger partial charge < -0.3 is 14.6 Å². The molecule has 1 heterocycles. The van der Waals surface area contributed by atoms with Crippen LogP contribution in [0.5, 0.6) is 0 Å². The number of rotatable bonds is 7. The van der Waals surface area contributed by atoms with E-state index >= 15 is 0 Å². The number of imidazole rings is 1. The summed E-state index contributed by atoms with van der Waals surface area (Å²) in [5.74, 6) is 1.11. The number of nitrogens with zero attached hydrogens (tertiary/aromatic N) is 3. The van der Waals surface area contributed by atoms with Crippen molar-refractivity contribution < 1.29 is 5.11 Å². The molecule has 0 aliphatic carbocycles. The van der Waals surface area contributed by atoms with Crippen LogP contribution in [0.1, 0.15) is 24.4 Å². The number of likely N-dealkylation sites (N-methyl/N-ethyl adjacent to an activating group) is 1. The third kappa shape index (κ3) is 3.92. The van der Waals surface area contributed by atoms with Crippen molar-refractivity contribution in [3.05, 3.63) is 54.1 Å². The molecule has 1 aromatic heterocycles. The summed E-state index contributed by atoms with van der Waals surface area (Å²) in [7, 11) is 2.04. The minimum absolute atomic E-state index is 0.436. The first-order chi connectivity index (χ1) is 9.70. The van der Waals surface area contributed by atoms with E-state index in [1.54, 1.807) is 0 Å². The highest BCUT2D eigenvalue weighted by Gasteiger charge is 2.10. The fourth-order valence-corrected chi connectivity index (χ4v) is 2.30. The average Bonchev–Trinajstić information content (AvgIpc) is 2.93. The van der Waals surface area contributed by atoms with Crippen molar-refractivity contribution in [1.82, 2.24) is 14.5 Å². The van der Waals surface area contributed by atoms with Gasteiger partial charge in [0.25, 0.3) is 0 Å². The van der Waals surface area contributed by atoms with Gasteiger partial charge >= 0.3 is 0 Å². The van der Waals surface area contributed by atoms with Gasteiger partial charge in [-0.15, -0.1) is 0 Å². The van der Waals surface area contributed by atoms with Crippen molar-refractivity contribution in [3.8, 4) is 0 Å². The van der Waals surface area contributed by atoms with Crippen LogP contribution >= 0.6 is 0 Å². The fourth-order valence-electron chi connectivity index (χ4n) is 2.30. The van der Waals surface area contributed by atoms with Crippen molar-refractivity contribution in [2.75, 3.05) is 20.1 Å². The number of aromatic nitrogens is 2. The van der Waals surface area contributed by atoms with Crippen LogP contribution in [-0.4, -0.2) is 39.7 Å². The highest BCUT2D eigenvalue weighted by molar-refractivity contribution is 5.17. The quantitative estimate of drug-likeness (QED) is 0.840. The van der Waals surface area contributed by atoms with Crippen LogP contribution in [0.25, 0.3) is 0 Å². The van der Waals surface area contributed by atoms with E-state index < -0.39 is 6.10 Å². The lowest BCUT2D eigenvalue weighted by molar-refractivity contribution is 0.125. The smallest absolute Gasteiger partial charge is 0.108 e. The predicted octanol–water partition coefficient (Wildman–Crippen LogP) is 2.11. The summed E-state index contributed by atoms with van der Waals surface area (Å²) >= 11 is 0. The van der Waals surface area contributed by atoms with Gasteiger partial charge in [-0.2, -0.15) is 0 Å². The number of aryl methyl sites for hydroxylation is 1. The average molecular weight is 273 g/mol. The van der Waals surface area contributed by atoms with E-state index in [1.807, 2.05) is 49.8 Å². The van der Waals surface area contributed by atoms with E-state index in [1.165, 1.54) is 0 Å². The highest BCUT2D eigenvalue weighted by atomic mass is 16.3. The normalized spacial score (nSPS) is 12.8. The molecule has 1 aromatic carbocycles. The van der Waals surface area contributed by atoms with E-state index in [-0.39, 0.29) is 0 Å². The number of hydrogen-bond donors (Lipinski definition) is 1. The first-order valence-electron chi connectivity index (χ1n) is 7.12. The maximum atomic E-state index is 10.2. The molecule has 4 heteroatoms. The second-order valence-electron chi connectivity index (χ2n) is 5.08. The molecule has 2 aromatic rings. The Labute approximate surface area is 120 Å². The van der Waals surface area contributed by atoms with E-state index in [4.69, 9.17) is 0 Å². The molecule has 108 valence electrons. The van der Waals surface area contributed by atoms with Crippen LogP contribution in [0, 0.1) is 0 Å². The molecule has 0 saturated heterocycles. The first-order valence-corrected chi connectivity index (χ1v) is 7.12. The highest BCUT2D eigenvalue weighted by Crippen LogP contribution is 2.13. The lowest BCUT2D eigenvalue weighted by Crippen LogP contribution is -2.28. The summed E-state index contributed by atoms with van der Waals surface area (Å²) in [4.78, 5) is 6.47. The van der Waals surface area contributed by atoms with Crippen LogP contribution in [0.2, 0.25) is 0 Å². The zero-order valence-corrected chi connectivity index (χ0v) is 12.2. The van der Waals surface area contributed by atoms with Crippen LogP contribution in [0.4, 0.5) is 0 Å². The second-order valence-corrected chi connectivity index (χ2v) is 5.08. The van der Waals surface area contributed by atoms with E-state index in [0.29, 0.717) is 6.54 Å². The van der Waals surface area contributed by atoms with Crippen LogP contribution in [-0.2, 0) is 13.0 Å². The fraction of sp³-hybridized carbons (Fsp3) is 0.438. The second kappa shape index (κ2) is 7.22. The molecule has 0 bridgehead atoms. The van der Waals surface area contributed by atoms with Crippen LogP contribution in [0.3, 0.4) is 0 Å². The Balaban J connectivity index is 1.82. The molecule has 4 nitrogen and oxygen atoms in total. The van der Waals surface area contributed by atoms with Gasteiger partial charge in [0, 0.05) is 38.4 Å². The largest absolute Gasteiger partial charge is 0.387 e. The molecule has 20 heavy (non-hydrogen) atoms. The molecule has 1 N–H and O–H groups in total.